The number of aromatic nitrogens is 2. The first-order chi connectivity index (χ1) is 12.5. The number of halogens is 2. The van der Waals surface area contributed by atoms with Crippen LogP contribution in [0.4, 0.5) is 5.13 Å². The van der Waals surface area contributed by atoms with Gasteiger partial charge < -0.3 is 0 Å². The summed E-state index contributed by atoms with van der Waals surface area (Å²) in [4.78, 5) is 21.4. The molecule has 0 atom stereocenters. The second kappa shape index (κ2) is 6.96. The number of thiazole rings is 1. The zero-order chi connectivity index (χ0) is 18.3. The maximum Gasteiger partial charge on any atom is 0.257 e. The molecule has 0 aliphatic rings. The Hall–Kier alpha value is -1.99. The lowest BCUT2D eigenvalue weighted by molar-refractivity contribution is 0.102. The summed E-state index contributed by atoms with van der Waals surface area (Å²) in [5, 5.41) is 6.15. The van der Waals surface area contributed by atoms with Crippen LogP contribution in [0.5, 0.6) is 0 Å². The molecule has 1 N–H and O–H groups in total. The maximum absolute atomic E-state index is 12.5. The highest BCUT2D eigenvalue weighted by atomic mass is 35.5. The molecule has 0 saturated carbocycles. The first kappa shape index (κ1) is 17.4. The molecule has 4 aromatic rings. The number of nitrogens with zero attached hydrogens (tertiary/aromatic N) is 2. The van der Waals surface area contributed by atoms with Crippen molar-refractivity contribution in [2.24, 2.45) is 0 Å². The number of nitrogens with one attached hydrogen (secondary N) is 1. The minimum absolute atomic E-state index is 0.231. The number of hydrogen-bond acceptors (Lipinski definition) is 5. The topological polar surface area (TPSA) is 54.9 Å². The van der Waals surface area contributed by atoms with Crippen molar-refractivity contribution in [2.75, 3.05) is 5.32 Å². The Kier molecular flexibility index (Phi) is 4.67. The molecule has 0 spiro atoms. The normalized spacial score (nSPS) is 11.0. The molecule has 130 valence electrons. The molecule has 3 aromatic heterocycles. The number of thiophene rings is 1. The van der Waals surface area contributed by atoms with E-state index in [1.807, 2.05) is 30.5 Å². The number of pyridine rings is 1. The zero-order valence-electron chi connectivity index (χ0n) is 13.4. The summed E-state index contributed by atoms with van der Waals surface area (Å²) in [5.74, 6) is -0.231. The van der Waals surface area contributed by atoms with Crippen LogP contribution in [-0.4, -0.2) is 15.9 Å². The number of carbonyl (C=O) groups excluding carboxylic acids is 1. The van der Waals surface area contributed by atoms with Crippen molar-refractivity contribution in [3.8, 4) is 11.3 Å². The summed E-state index contributed by atoms with van der Waals surface area (Å²) in [6.45, 7) is 1.92. The first-order valence-electron chi connectivity index (χ1n) is 7.59. The highest BCUT2D eigenvalue weighted by Crippen LogP contribution is 2.39. The molecule has 0 unspecified atom stereocenters. The van der Waals surface area contributed by atoms with Crippen LogP contribution in [0.1, 0.15) is 16.1 Å². The van der Waals surface area contributed by atoms with Crippen LogP contribution in [-0.2, 0) is 0 Å². The monoisotopic (exact) mass is 419 g/mol. The quantitative estimate of drug-likeness (QED) is 0.424. The van der Waals surface area contributed by atoms with Crippen LogP contribution in [0.2, 0.25) is 8.67 Å². The number of fused-ring (bicyclic) bond motifs is 1. The van der Waals surface area contributed by atoms with Gasteiger partial charge in [0.1, 0.15) is 4.34 Å². The molecule has 0 fully saturated rings. The van der Waals surface area contributed by atoms with E-state index in [2.05, 4.69) is 15.3 Å². The molecule has 0 bridgehead atoms. The number of benzene rings is 1. The lowest BCUT2D eigenvalue weighted by Gasteiger charge is -2.04. The molecule has 0 saturated heterocycles. The van der Waals surface area contributed by atoms with Gasteiger partial charge in [0, 0.05) is 27.6 Å². The lowest BCUT2D eigenvalue weighted by Crippen LogP contribution is -2.11. The van der Waals surface area contributed by atoms with Gasteiger partial charge in [-0.1, -0.05) is 35.3 Å². The summed E-state index contributed by atoms with van der Waals surface area (Å²) in [6, 6.07) is 11.1. The van der Waals surface area contributed by atoms with E-state index in [0.717, 1.165) is 22.2 Å². The van der Waals surface area contributed by atoms with Gasteiger partial charge in [0.25, 0.3) is 5.91 Å². The fourth-order valence-electron chi connectivity index (χ4n) is 2.50. The van der Waals surface area contributed by atoms with E-state index in [9.17, 15) is 4.79 Å². The largest absolute Gasteiger partial charge is 0.298 e. The van der Waals surface area contributed by atoms with Gasteiger partial charge in [0.2, 0.25) is 0 Å². The van der Waals surface area contributed by atoms with Crippen molar-refractivity contribution in [2.45, 2.75) is 6.92 Å². The van der Waals surface area contributed by atoms with Crippen LogP contribution < -0.4 is 5.32 Å². The van der Waals surface area contributed by atoms with Crippen LogP contribution in [0.15, 0.2) is 41.8 Å². The number of aryl methyl sites for hydroxylation is 1. The van der Waals surface area contributed by atoms with E-state index in [-0.39, 0.29) is 5.91 Å². The van der Waals surface area contributed by atoms with Crippen molar-refractivity contribution < 1.29 is 4.79 Å². The molecule has 1 aromatic carbocycles. The van der Waals surface area contributed by atoms with E-state index in [1.165, 1.54) is 22.7 Å². The van der Waals surface area contributed by atoms with Gasteiger partial charge in [0.05, 0.1) is 15.5 Å². The molecule has 4 rings (SSSR count). The molecule has 0 aliphatic heterocycles. The van der Waals surface area contributed by atoms with Gasteiger partial charge in [-0.25, -0.2) is 4.98 Å². The fourth-order valence-corrected chi connectivity index (χ4v) is 4.69. The van der Waals surface area contributed by atoms with Gasteiger partial charge in [-0.3, -0.25) is 15.1 Å². The van der Waals surface area contributed by atoms with Crippen molar-refractivity contribution >= 4 is 67.8 Å². The standard InChI is InChI=1S/C18H11Cl2N3OS2/c1-9-2-3-10-4-5-11(6-13(10)21-9)17(24)23-18-22-14(8-25-18)12-7-15(19)26-16(12)20/h2-8H,1H3,(H,22,23,24). The number of hydrogen-bond donors (Lipinski definition) is 1. The summed E-state index contributed by atoms with van der Waals surface area (Å²) in [7, 11) is 0. The number of amides is 1. The van der Waals surface area contributed by atoms with Crippen molar-refractivity contribution in [3.05, 3.63) is 61.7 Å². The Morgan fingerprint density at radius 2 is 1.92 bits per heavy atom. The van der Waals surface area contributed by atoms with E-state index in [0.29, 0.717) is 25.1 Å². The minimum Gasteiger partial charge on any atom is -0.298 e. The number of anilines is 1. The lowest BCUT2D eigenvalue weighted by atomic mass is 10.1. The molecule has 1 amide bonds. The Labute approximate surface area is 167 Å². The average Bonchev–Trinajstić information content (AvgIpc) is 3.19. The average molecular weight is 420 g/mol. The molecule has 4 nitrogen and oxygen atoms in total. The van der Waals surface area contributed by atoms with Crippen molar-refractivity contribution in [1.82, 2.24) is 9.97 Å². The van der Waals surface area contributed by atoms with Crippen LogP contribution >= 0.6 is 45.9 Å². The van der Waals surface area contributed by atoms with Gasteiger partial charge >= 0.3 is 0 Å². The SMILES string of the molecule is Cc1ccc2ccc(C(=O)Nc3nc(-c4cc(Cl)sc4Cl)cs3)cc2n1. The predicted octanol–water partition coefficient (Wildman–Crippen LogP) is 6.29. The fraction of sp³-hybridized carbons (Fsp3) is 0.0556. The third kappa shape index (κ3) is 3.46. The molecular weight excluding hydrogens is 409 g/mol. The minimum atomic E-state index is -0.231. The maximum atomic E-state index is 12.5. The van der Waals surface area contributed by atoms with Crippen molar-refractivity contribution in [3.63, 3.8) is 0 Å². The molecule has 3 heterocycles. The number of carbonyl (C=O) groups is 1. The smallest absolute Gasteiger partial charge is 0.257 e. The second-order valence-electron chi connectivity index (χ2n) is 5.59. The van der Waals surface area contributed by atoms with Gasteiger partial charge in [-0.2, -0.15) is 0 Å². The summed E-state index contributed by atoms with van der Waals surface area (Å²) in [5.41, 5.74) is 3.69. The number of rotatable bonds is 3. The molecule has 0 radical (unpaired) electrons. The van der Waals surface area contributed by atoms with Gasteiger partial charge in [-0.05, 0) is 31.2 Å². The molecule has 8 heteroatoms. The highest BCUT2D eigenvalue weighted by Gasteiger charge is 2.14. The summed E-state index contributed by atoms with van der Waals surface area (Å²) >= 11 is 14.8. The molecular formula is C18H11Cl2N3OS2. The van der Waals surface area contributed by atoms with Crippen LogP contribution in [0.25, 0.3) is 22.2 Å². The third-order valence-corrected chi connectivity index (χ3v) is 6.00. The van der Waals surface area contributed by atoms with E-state index >= 15 is 0 Å². The summed E-state index contributed by atoms with van der Waals surface area (Å²) < 4.78 is 1.18. The van der Waals surface area contributed by atoms with E-state index in [4.69, 9.17) is 23.2 Å². The predicted molar refractivity (Wildman–Crippen MR) is 110 cm³/mol. The van der Waals surface area contributed by atoms with Gasteiger partial charge in [0.15, 0.2) is 5.13 Å². The first-order valence-corrected chi connectivity index (χ1v) is 10.0. The highest BCUT2D eigenvalue weighted by molar-refractivity contribution is 7.20. The van der Waals surface area contributed by atoms with Crippen LogP contribution in [0.3, 0.4) is 0 Å². The Morgan fingerprint density at radius 3 is 2.69 bits per heavy atom. The van der Waals surface area contributed by atoms with E-state index in [1.54, 1.807) is 18.2 Å². The van der Waals surface area contributed by atoms with Crippen LogP contribution in [0, 0.1) is 6.92 Å². The second-order valence-corrected chi connectivity index (χ2v) is 8.73. The third-order valence-electron chi connectivity index (χ3n) is 3.75. The Balaban J connectivity index is 1.58. The summed E-state index contributed by atoms with van der Waals surface area (Å²) in [6.07, 6.45) is 0. The van der Waals surface area contributed by atoms with Crippen molar-refractivity contribution in [1.29, 1.82) is 0 Å². The Morgan fingerprint density at radius 1 is 1.12 bits per heavy atom. The molecule has 26 heavy (non-hydrogen) atoms. The van der Waals surface area contributed by atoms with E-state index < -0.39 is 0 Å². The zero-order valence-corrected chi connectivity index (χ0v) is 16.6. The molecule has 0 aliphatic carbocycles. The Bertz CT molecular complexity index is 1140. The van der Waals surface area contributed by atoms with Gasteiger partial charge in [-0.15, -0.1) is 22.7 Å².